The number of hydrogen-bond donors (Lipinski definition) is 1. The molecule has 122 valence electrons. The summed E-state index contributed by atoms with van der Waals surface area (Å²) in [6.07, 6.45) is -0.0663. The summed E-state index contributed by atoms with van der Waals surface area (Å²) in [5.41, 5.74) is -0.588. The van der Waals surface area contributed by atoms with Gasteiger partial charge in [-0.25, -0.2) is 9.59 Å². The van der Waals surface area contributed by atoms with Gasteiger partial charge in [0.25, 0.3) is 0 Å². The van der Waals surface area contributed by atoms with Crippen LogP contribution in [-0.2, 0) is 14.3 Å². The van der Waals surface area contributed by atoms with Crippen LogP contribution >= 0.6 is 11.8 Å². The topological polar surface area (TPSA) is 67.9 Å². The fraction of sp³-hybridized carbons (Fsp3) is 0.857. The van der Waals surface area contributed by atoms with E-state index in [1.807, 2.05) is 11.8 Å². The van der Waals surface area contributed by atoms with E-state index in [0.717, 1.165) is 31.1 Å². The van der Waals surface area contributed by atoms with Crippen LogP contribution in [0.3, 0.4) is 0 Å². The number of ether oxygens (including phenoxy) is 2. The second kappa shape index (κ2) is 8.48. The molecule has 0 aromatic carbocycles. The van der Waals surface area contributed by atoms with E-state index in [1.165, 1.54) is 7.11 Å². The monoisotopic (exact) mass is 318 g/mol. The molecule has 1 saturated heterocycles. The molecule has 6 nitrogen and oxygen atoms in total. The van der Waals surface area contributed by atoms with Crippen molar-refractivity contribution < 1.29 is 19.1 Å². The lowest BCUT2D eigenvalue weighted by Crippen LogP contribution is -2.46. The predicted octanol–water partition coefficient (Wildman–Crippen LogP) is 1.49. The van der Waals surface area contributed by atoms with Gasteiger partial charge in [-0.2, -0.15) is 11.8 Å². The molecule has 0 bridgehead atoms. The van der Waals surface area contributed by atoms with E-state index in [9.17, 15) is 9.59 Å². The van der Waals surface area contributed by atoms with Gasteiger partial charge in [0.15, 0.2) is 0 Å². The maximum absolute atomic E-state index is 11.8. The standard InChI is InChI=1S/C14H26N2O4S/c1-14(2,3)20-13(18)15-11(12(17)19-4)5-6-16-7-9-21-10-8-16/h11H,5-10H2,1-4H3,(H,15,18)/t11-/m0/s1. The number of carbonyl (C=O) groups is 2. The van der Waals surface area contributed by atoms with Crippen LogP contribution in [0.2, 0.25) is 0 Å². The average molecular weight is 318 g/mol. The zero-order chi connectivity index (χ0) is 15.9. The van der Waals surface area contributed by atoms with E-state index in [4.69, 9.17) is 9.47 Å². The van der Waals surface area contributed by atoms with E-state index in [2.05, 4.69) is 10.2 Å². The van der Waals surface area contributed by atoms with Crippen molar-refractivity contribution in [1.82, 2.24) is 10.2 Å². The van der Waals surface area contributed by atoms with Crippen molar-refractivity contribution in [2.75, 3.05) is 38.2 Å². The molecule has 1 rings (SSSR count). The van der Waals surface area contributed by atoms with Crippen molar-refractivity contribution in [2.45, 2.75) is 38.8 Å². The summed E-state index contributed by atoms with van der Waals surface area (Å²) in [5, 5.41) is 2.60. The minimum atomic E-state index is -0.667. The minimum Gasteiger partial charge on any atom is -0.467 e. The Morgan fingerprint density at radius 1 is 1.29 bits per heavy atom. The third kappa shape index (κ3) is 7.57. The number of methoxy groups -OCH3 is 1. The van der Waals surface area contributed by atoms with Gasteiger partial charge in [0.2, 0.25) is 0 Å². The van der Waals surface area contributed by atoms with Gasteiger partial charge in [0, 0.05) is 31.1 Å². The number of nitrogens with zero attached hydrogens (tertiary/aromatic N) is 1. The molecule has 0 unspecified atom stereocenters. The lowest BCUT2D eigenvalue weighted by atomic mass is 10.2. The molecule has 0 saturated carbocycles. The maximum Gasteiger partial charge on any atom is 0.408 e. The summed E-state index contributed by atoms with van der Waals surface area (Å²) in [6, 6.07) is -0.667. The molecule has 0 aliphatic carbocycles. The molecular formula is C14H26N2O4S. The van der Waals surface area contributed by atoms with E-state index >= 15 is 0 Å². The Kier molecular flexibility index (Phi) is 7.31. The number of amides is 1. The normalized spacial score (nSPS) is 17.9. The van der Waals surface area contributed by atoms with Gasteiger partial charge in [-0.3, -0.25) is 0 Å². The summed E-state index contributed by atoms with van der Waals surface area (Å²) < 4.78 is 9.93. The number of rotatable bonds is 5. The number of nitrogens with one attached hydrogen (secondary N) is 1. The number of carbonyl (C=O) groups excluding carboxylic acids is 2. The first-order valence-corrected chi connectivity index (χ1v) is 8.35. The molecule has 1 fully saturated rings. The van der Waals surface area contributed by atoms with Gasteiger partial charge < -0.3 is 19.7 Å². The van der Waals surface area contributed by atoms with Crippen molar-refractivity contribution in [2.24, 2.45) is 0 Å². The van der Waals surface area contributed by atoms with Gasteiger partial charge in [-0.1, -0.05) is 0 Å². The number of thioether (sulfide) groups is 1. The summed E-state index contributed by atoms with van der Waals surface area (Å²) in [5.74, 6) is 1.79. The van der Waals surface area contributed by atoms with Crippen molar-refractivity contribution in [1.29, 1.82) is 0 Å². The van der Waals surface area contributed by atoms with Crippen LogP contribution in [0, 0.1) is 0 Å². The molecule has 1 aliphatic heterocycles. The predicted molar refractivity (Wildman–Crippen MR) is 83.6 cm³/mol. The smallest absolute Gasteiger partial charge is 0.408 e. The highest BCUT2D eigenvalue weighted by Crippen LogP contribution is 2.11. The highest BCUT2D eigenvalue weighted by molar-refractivity contribution is 7.99. The third-order valence-electron chi connectivity index (χ3n) is 3.01. The first-order chi connectivity index (χ1) is 9.81. The van der Waals surface area contributed by atoms with Crippen molar-refractivity contribution in [3.8, 4) is 0 Å². The molecule has 1 heterocycles. The number of alkyl carbamates (subject to hydrolysis) is 1. The van der Waals surface area contributed by atoms with Crippen LogP contribution in [0.5, 0.6) is 0 Å². The lowest BCUT2D eigenvalue weighted by molar-refractivity contribution is -0.143. The summed E-state index contributed by atoms with van der Waals surface area (Å²) in [6.45, 7) is 8.15. The van der Waals surface area contributed by atoms with E-state index < -0.39 is 23.7 Å². The molecule has 1 N–H and O–H groups in total. The zero-order valence-electron chi connectivity index (χ0n) is 13.3. The average Bonchev–Trinajstić information content (AvgIpc) is 2.41. The summed E-state index contributed by atoms with van der Waals surface area (Å²) in [7, 11) is 1.32. The molecular weight excluding hydrogens is 292 g/mol. The van der Waals surface area contributed by atoms with Gasteiger partial charge in [-0.15, -0.1) is 0 Å². The molecule has 0 spiro atoms. The van der Waals surface area contributed by atoms with Gasteiger partial charge in [-0.05, 0) is 27.2 Å². The van der Waals surface area contributed by atoms with Crippen LogP contribution in [0.15, 0.2) is 0 Å². The maximum atomic E-state index is 11.8. The molecule has 21 heavy (non-hydrogen) atoms. The highest BCUT2D eigenvalue weighted by Gasteiger charge is 2.25. The fourth-order valence-corrected chi connectivity index (χ4v) is 2.96. The van der Waals surface area contributed by atoms with Gasteiger partial charge in [0.1, 0.15) is 11.6 Å². The van der Waals surface area contributed by atoms with Crippen LogP contribution in [-0.4, -0.2) is 66.9 Å². The van der Waals surface area contributed by atoms with Crippen molar-refractivity contribution in [3.05, 3.63) is 0 Å². The van der Waals surface area contributed by atoms with Crippen molar-refractivity contribution >= 4 is 23.8 Å². The van der Waals surface area contributed by atoms with Gasteiger partial charge in [0.05, 0.1) is 7.11 Å². The first-order valence-electron chi connectivity index (χ1n) is 7.19. The lowest BCUT2D eigenvalue weighted by Gasteiger charge is -2.28. The molecule has 7 heteroatoms. The van der Waals surface area contributed by atoms with Crippen molar-refractivity contribution in [3.63, 3.8) is 0 Å². The van der Waals surface area contributed by atoms with Crippen LogP contribution in [0.4, 0.5) is 4.79 Å². The molecule has 0 aromatic heterocycles. The number of hydrogen-bond acceptors (Lipinski definition) is 6. The Morgan fingerprint density at radius 2 is 1.90 bits per heavy atom. The van der Waals surface area contributed by atoms with Crippen LogP contribution in [0.1, 0.15) is 27.2 Å². The second-order valence-corrected chi connectivity index (χ2v) is 7.19. The Morgan fingerprint density at radius 3 is 2.43 bits per heavy atom. The molecule has 1 aliphatic rings. The largest absolute Gasteiger partial charge is 0.467 e. The highest BCUT2D eigenvalue weighted by atomic mass is 32.2. The van der Waals surface area contributed by atoms with E-state index in [-0.39, 0.29) is 0 Å². The Labute approximate surface area is 130 Å². The zero-order valence-corrected chi connectivity index (χ0v) is 14.1. The van der Waals surface area contributed by atoms with Crippen LogP contribution < -0.4 is 5.32 Å². The fourth-order valence-electron chi connectivity index (χ4n) is 1.98. The van der Waals surface area contributed by atoms with E-state index in [0.29, 0.717) is 6.42 Å². The summed E-state index contributed by atoms with van der Waals surface area (Å²) >= 11 is 1.94. The molecule has 1 atom stereocenters. The molecule has 0 aromatic rings. The van der Waals surface area contributed by atoms with Gasteiger partial charge >= 0.3 is 12.1 Å². The number of esters is 1. The SMILES string of the molecule is COC(=O)[C@H](CCN1CCSCC1)NC(=O)OC(C)(C)C. The van der Waals surface area contributed by atoms with E-state index in [1.54, 1.807) is 20.8 Å². The minimum absolute atomic E-state index is 0.438. The third-order valence-corrected chi connectivity index (χ3v) is 3.96. The molecule has 0 radical (unpaired) electrons. The molecule has 1 amide bonds. The Hall–Kier alpha value is -0.950. The Bertz CT molecular complexity index is 351. The first kappa shape index (κ1) is 18.1. The Balaban J connectivity index is 2.47. The van der Waals surface area contributed by atoms with Crippen LogP contribution in [0.25, 0.3) is 0 Å². The summed E-state index contributed by atoms with van der Waals surface area (Å²) in [4.78, 5) is 25.8. The second-order valence-electron chi connectivity index (χ2n) is 5.96. The quantitative estimate of drug-likeness (QED) is 0.775.